The van der Waals surface area contributed by atoms with E-state index in [0.29, 0.717) is 0 Å². The molecule has 0 aliphatic heterocycles. The number of aromatic nitrogens is 3. The second-order valence-corrected chi connectivity index (χ2v) is 3.86. The molecule has 1 N–H and O–H groups in total. The normalized spacial score (nSPS) is 16.8. The Morgan fingerprint density at radius 3 is 2.92 bits per heavy atom. The van der Waals surface area contributed by atoms with Crippen LogP contribution < -0.4 is 5.32 Å². The molecule has 1 heterocycles. The van der Waals surface area contributed by atoms with Crippen molar-refractivity contribution in [2.75, 3.05) is 0 Å². The summed E-state index contributed by atoms with van der Waals surface area (Å²) in [5, 5.41) is 11.2. The standard InChI is InChI=1S/C7H11BrN4/c1-12-6(7(8)10-11-12)4-9-5-2-3-5/h5,9H,2-4H2,1H3. The van der Waals surface area contributed by atoms with Gasteiger partial charge in [-0.15, -0.1) is 5.10 Å². The Kier molecular flexibility index (Phi) is 2.14. The van der Waals surface area contributed by atoms with Gasteiger partial charge in [0.15, 0.2) is 4.60 Å². The first-order valence-electron chi connectivity index (χ1n) is 4.05. The second kappa shape index (κ2) is 3.14. The minimum absolute atomic E-state index is 0.729. The Morgan fingerprint density at radius 2 is 2.42 bits per heavy atom. The van der Waals surface area contributed by atoms with Gasteiger partial charge in [-0.25, -0.2) is 4.68 Å². The van der Waals surface area contributed by atoms with E-state index < -0.39 is 0 Å². The van der Waals surface area contributed by atoms with Gasteiger partial charge in [0.05, 0.1) is 5.69 Å². The fourth-order valence-electron chi connectivity index (χ4n) is 1.07. The van der Waals surface area contributed by atoms with Crippen LogP contribution in [0.4, 0.5) is 0 Å². The SMILES string of the molecule is Cn1nnc(Br)c1CNC1CC1. The molecule has 66 valence electrons. The van der Waals surface area contributed by atoms with Crippen molar-refractivity contribution in [1.29, 1.82) is 0 Å². The number of hydrogen-bond acceptors (Lipinski definition) is 3. The van der Waals surface area contributed by atoms with Crippen LogP contribution in [0.1, 0.15) is 18.5 Å². The van der Waals surface area contributed by atoms with Crippen LogP contribution in [0, 0.1) is 0 Å². The molecule has 0 atom stereocenters. The summed E-state index contributed by atoms with van der Waals surface area (Å²) in [6, 6.07) is 0.729. The lowest BCUT2D eigenvalue weighted by molar-refractivity contribution is 0.614. The zero-order valence-electron chi connectivity index (χ0n) is 6.92. The highest BCUT2D eigenvalue weighted by Crippen LogP contribution is 2.20. The molecule has 0 amide bonds. The van der Waals surface area contributed by atoms with Gasteiger partial charge in [-0.1, -0.05) is 5.21 Å². The topological polar surface area (TPSA) is 42.7 Å². The van der Waals surface area contributed by atoms with Crippen molar-refractivity contribution in [3.8, 4) is 0 Å². The van der Waals surface area contributed by atoms with Crippen LogP contribution in [0.5, 0.6) is 0 Å². The quantitative estimate of drug-likeness (QED) is 0.837. The van der Waals surface area contributed by atoms with Crippen molar-refractivity contribution in [2.24, 2.45) is 7.05 Å². The molecule has 1 saturated carbocycles. The smallest absolute Gasteiger partial charge is 0.152 e. The lowest BCUT2D eigenvalue weighted by Crippen LogP contribution is -2.17. The number of nitrogens with zero attached hydrogens (tertiary/aromatic N) is 3. The van der Waals surface area contributed by atoms with Crippen LogP contribution in [-0.2, 0) is 13.6 Å². The van der Waals surface area contributed by atoms with E-state index in [4.69, 9.17) is 0 Å². The first-order valence-corrected chi connectivity index (χ1v) is 4.84. The van der Waals surface area contributed by atoms with Crippen LogP contribution in [0.3, 0.4) is 0 Å². The fourth-order valence-corrected chi connectivity index (χ4v) is 1.54. The van der Waals surface area contributed by atoms with E-state index in [1.165, 1.54) is 12.8 Å². The summed E-state index contributed by atoms with van der Waals surface area (Å²) in [5.74, 6) is 0. The molecule has 1 aromatic rings. The van der Waals surface area contributed by atoms with Gasteiger partial charge in [-0.05, 0) is 28.8 Å². The molecule has 4 nitrogen and oxygen atoms in total. The second-order valence-electron chi connectivity index (χ2n) is 3.11. The summed E-state index contributed by atoms with van der Waals surface area (Å²) in [7, 11) is 1.90. The number of hydrogen-bond donors (Lipinski definition) is 1. The minimum Gasteiger partial charge on any atom is -0.308 e. The third kappa shape index (κ3) is 1.67. The van der Waals surface area contributed by atoms with Crippen molar-refractivity contribution in [1.82, 2.24) is 20.3 Å². The molecule has 0 spiro atoms. The highest BCUT2D eigenvalue weighted by molar-refractivity contribution is 9.10. The van der Waals surface area contributed by atoms with Crippen molar-refractivity contribution in [2.45, 2.75) is 25.4 Å². The molecular formula is C7H11BrN4. The maximum atomic E-state index is 3.90. The fraction of sp³-hybridized carbons (Fsp3) is 0.714. The van der Waals surface area contributed by atoms with E-state index in [0.717, 1.165) is 22.9 Å². The van der Waals surface area contributed by atoms with E-state index in [1.807, 2.05) is 7.05 Å². The molecule has 5 heteroatoms. The third-order valence-corrected chi connectivity index (χ3v) is 2.65. The third-order valence-electron chi connectivity index (χ3n) is 2.03. The molecule has 0 saturated heterocycles. The lowest BCUT2D eigenvalue weighted by atomic mass is 10.4. The van der Waals surface area contributed by atoms with E-state index in [-0.39, 0.29) is 0 Å². The molecule has 0 bridgehead atoms. The molecule has 0 radical (unpaired) electrons. The Labute approximate surface area is 79.5 Å². The summed E-state index contributed by atoms with van der Waals surface area (Å²) in [5.41, 5.74) is 1.11. The lowest BCUT2D eigenvalue weighted by Gasteiger charge is -2.01. The number of halogens is 1. The first-order chi connectivity index (χ1) is 5.77. The van der Waals surface area contributed by atoms with Crippen LogP contribution in [0.2, 0.25) is 0 Å². The van der Waals surface area contributed by atoms with Crippen molar-refractivity contribution in [3.63, 3.8) is 0 Å². The van der Waals surface area contributed by atoms with Gasteiger partial charge in [0.1, 0.15) is 0 Å². The molecule has 1 fully saturated rings. The van der Waals surface area contributed by atoms with Gasteiger partial charge in [0.25, 0.3) is 0 Å². The maximum Gasteiger partial charge on any atom is 0.152 e. The predicted molar refractivity (Wildman–Crippen MR) is 48.6 cm³/mol. The number of rotatable bonds is 3. The Hall–Kier alpha value is -0.420. The number of aryl methyl sites for hydroxylation is 1. The van der Waals surface area contributed by atoms with E-state index in [2.05, 4.69) is 31.6 Å². The molecule has 1 aromatic heterocycles. The van der Waals surface area contributed by atoms with Crippen LogP contribution >= 0.6 is 15.9 Å². The largest absolute Gasteiger partial charge is 0.308 e. The monoisotopic (exact) mass is 230 g/mol. The van der Waals surface area contributed by atoms with E-state index >= 15 is 0 Å². The zero-order valence-corrected chi connectivity index (χ0v) is 8.50. The molecule has 12 heavy (non-hydrogen) atoms. The summed E-state index contributed by atoms with van der Waals surface area (Å²) >= 11 is 3.35. The van der Waals surface area contributed by atoms with E-state index in [1.54, 1.807) is 4.68 Å². The van der Waals surface area contributed by atoms with Crippen molar-refractivity contribution < 1.29 is 0 Å². The van der Waals surface area contributed by atoms with Crippen molar-refractivity contribution in [3.05, 3.63) is 10.3 Å². The number of nitrogens with one attached hydrogen (secondary N) is 1. The van der Waals surface area contributed by atoms with Gasteiger partial charge >= 0.3 is 0 Å². The molecule has 1 aliphatic carbocycles. The zero-order chi connectivity index (χ0) is 8.55. The molecule has 0 unspecified atom stereocenters. The Balaban J connectivity index is 1.99. The molecule has 1 aliphatic rings. The average molecular weight is 231 g/mol. The first kappa shape index (κ1) is 8.19. The van der Waals surface area contributed by atoms with Gasteiger partial charge in [-0.2, -0.15) is 0 Å². The van der Waals surface area contributed by atoms with E-state index in [9.17, 15) is 0 Å². The van der Waals surface area contributed by atoms with Gasteiger partial charge < -0.3 is 5.32 Å². The van der Waals surface area contributed by atoms with Gasteiger partial charge in [0, 0.05) is 19.6 Å². The summed E-state index contributed by atoms with van der Waals surface area (Å²) in [4.78, 5) is 0. The van der Waals surface area contributed by atoms with Gasteiger partial charge in [0.2, 0.25) is 0 Å². The highest BCUT2D eigenvalue weighted by atomic mass is 79.9. The highest BCUT2D eigenvalue weighted by Gasteiger charge is 2.21. The Bertz CT molecular complexity index is 259. The summed E-state index contributed by atoms with van der Waals surface area (Å²) in [6.45, 7) is 0.856. The minimum atomic E-state index is 0.729. The molecule has 2 rings (SSSR count). The average Bonchev–Trinajstić information content (AvgIpc) is 2.80. The van der Waals surface area contributed by atoms with Crippen molar-refractivity contribution >= 4 is 15.9 Å². The predicted octanol–water partition coefficient (Wildman–Crippen LogP) is 0.830. The maximum absolute atomic E-state index is 3.90. The van der Waals surface area contributed by atoms with Gasteiger partial charge in [-0.3, -0.25) is 0 Å². The van der Waals surface area contributed by atoms with Crippen LogP contribution in [-0.4, -0.2) is 21.0 Å². The summed E-state index contributed by atoms with van der Waals surface area (Å²) < 4.78 is 2.64. The Morgan fingerprint density at radius 1 is 1.67 bits per heavy atom. The van der Waals surface area contributed by atoms with Crippen LogP contribution in [0.15, 0.2) is 4.60 Å². The molecule has 0 aromatic carbocycles. The summed E-state index contributed by atoms with van der Waals surface area (Å²) in [6.07, 6.45) is 2.62. The van der Waals surface area contributed by atoms with Crippen LogP contribution in [0.25, 0.3) is 0 Å². The molecular weight excluding hydrogens is 220 g/mol.